The number of aryl methyl sites for hydroxylation is 1. The third-order valence-electron chi connectivity index (χ3n) is 3.82. The lowest BCUT2D eigenvalue weighted by Crippen LogP contribution is -2.30. The molecule has 3 rings (SSSR count). The van der Waals surface area contributed by atoms with Gasteiger partial charge in [0.15, 0.2) is 11.5 Å². The number of anilines is 1. The summed E-state index contributed by atoms with van der Waals surface area (Å²) >= 11 is 0. The van der Waals surface area contributed by atoms with E-state index in [0.717, 1.165) is 10.9 Å². The van der Waals surface area contributed by atoms with Gasteiger partial charge in [-0.2, -0.15) is 5.10 Å². The van der Waals surface area contributed by atoms with E-state index in [9.17, 15) is 8.42 Å². The van der Waals surface area contributed by atoms with Gasteiger partial charge in [-0.25, -0.2) is 22.7 Å². The van der Waals surface area contributed by atoms with Crippen LogP contribution in [-0.4, -0.2) is 63.8 Å². The summed E-state index contributed by atoms with van der Waals surface area (Å²) < 4.78 is 25.9. The van der Waals surface area contributed by atoms with Crippen LogP contribution in [0, 0.1) is 0 Å². The van der Waals surface area contributed by atoms with Gasteiger partial charge in [-0.1, -0.05) is 0 Å². The molecule has 0 atom stereocenters. The maximum atomic E-state index is 11.5. The molecule has 0 spiro atoms. The Morgan fingerprint density at radius 2 is 1.96 bits per heavy atom. The smallest absolute Gasteiger partial charge is 0.211 e. The highest BCUT2D eigenvalue weighted by molar-refractivity contribution is 7.88. The van der Waals surface area contributed by atoms with Crippen molar-refractivity contribution < 1.29 is 8.42 Å². The minimum atomic E-state index is -3.21. The Balaban J connectivity index is 1.91. The van der Waals surface area contributed by atoms with Gasteiger partial charge >= 0.3 is 0 Å². The molecule has 0 saturated heterocycles. The van der Waals surface area contributed by atoms with E-state index in [0.29, 0.717) is 30.4 Å². The van der Waals surface area contributed by atoms with Crippen molar-refractivity contribution in [2.45, 2.75) is 0 Å². The number of nitrogens with one attached hydrogen (secondary N) is 1. The number of sulfonamides is 1. The fourth-order valence-electron chi connectivity index (χ4n) is 2.28. The number of likely N-dealkylation sites (N-methyl/N-ethyl adjacent to an activating group) is 1. The van der Waals surface area contributed by atoms with Crippen molar-refractivity contribution in [2.75, 3.05) is 31.7 Å². The van der Waals surface area contributed by atoms with Crippen molar-refractivity contribution in [1.29, 1.82) is 0 Å². The van der Waals surface area contributed by atoms with E-state index in [1.54, 1.807) is 30.3 Å². The van der Waals surface area contributed by atoms with Gasteiger partial charge in [0.05, 0.1) is 17.8 Å². The summed E-state index contributed by atoms with van der Waals surface area (Å²) in [7, 11) is 0.143. The highest BCUT2D eigenvalue weighted by atomic mass is 32.2. The van der Waals surface area contributed by atoms with Crippen LogP contribution in [0.3, 0.4) is 0 Å². The van der Waals surface area contributed by atoms with Crippen LogP contribution >= 0.6 is 0 Å². The average molecular weight is 361 g/mol. The lowest BCUT2D eigenvalue weighted by atomic mass is 10.2. The second kappa shape index (κ2) is 6.73. The van der Waals surface area contributed by atoms with Crippen LogP contribution in [0.25, 0.3) is 22.4 Å². The lowest BCUT2D eigenvalue weighted by molar-refractivity contribution is 0.486. The molecule has 3 heterocycles. The maximum absolute atomic E-state index is 11.5. The minimum absolute atomic E-state index is 0.329. The second-order valence-corrected chi connectivity index (χ2v) is 7.74. The van der Waals surface area contributed by atoms with Crippen molar-refractivity contribution >= 4 is 26.9 Å². The van der Waals surface area contributed by atoms with E-state index < -0.39 is 10.0 Å². The third kappa shape index (κ3) is 3.74. The van der Waals surface area contributed by atoms with E-state index >= 15 is 0 Å². The van der Waals surface area contributed by atoms with Gasteiger partial charge in [-0.15, -0.1) is 0 Å². The van der Waals surface area contributed by atoms with Crippen LogP contribution in [0.5, 0.6) is 0 Å². The van der Waals surface area contributed by atoms with Crippen molar-refractivity contribution in [1.82, 2.24) is 29.0 Å². The zero-order valence-corrected chi connectivity index (χ0v) is 15.0. The Morgan fingerprint density at radius 3 is 2.64 bits per heavy atom. The second-order valence-electron chi connectivity index (χ2n) is 5.65. The molecular weight excluding hydrogens is 342 g/mol. The lowest BCUT2D eigenvalue weighted by Gasteiger charge is -2.15. The Bertz CT molecular complexity index is 986. The molecule has 0 aliphatic heterocycles. The Morgan fingerprint density at radius 1 is 1.24 bits per heavy atom. The molecule has 3 aromatic rings. The fraction of sp³-hybridized carbons (Fsp3) is 0.333. The fourth-order valence-corrected chi connectivity index (χ4v) is 2.71. The summed E-state index contributed by atoms with van der Waals surface area (Å²) in [6.07, 6.45) is 6.23. The molecule has 0 aliphatic carbocycles. The molecule has 9 nitrogen and oxygen atoms in total. The van der Waals surface area contributed by atoms with Gasteiger partial charge in [0.25, 0.3) is 0 Å². The largest absolute Gasteiger partial charge is 0.368 e. The van der Waals surface area contributed by atoms with Gasteiger partial charge in [0.2, 0.25) is 10.0 Å². The normalized spacial score (nSPS) is 12.0. The van der Waals surface area contributed by atoms with Crippen LogP contribution < -0.4 is 5.32 Å². The van der Waals surface area contributed by atoms with Crippen molar-refractivity contribution in [3.05, 3.63) is 30.7 Å². The number of pyridine rings is 1. The Labute approximate surface area is 145 Å². The summed E-state index contributed by atoms with van der Waals surface area (Å²) in [6.45, 7) is 0.746. The molecule has 0 bridgehead atoms. The molecule has 0 radical (unpaired) electrons. The molecule has 3 aromatic heterocycles. The first-order valence-corrected chi connectivity index (χ1v) is 9.46. The number of rotatable bonds is 6. The van der Waals surface area contributed by atoms with E-state index in [2.05, 4.69) is 25.4 Å². The molecule has 0 saturated carbocycles. The van der Waals surface area contributed by atoms with Gasteiger partial charge in [-0.3, -0.25) is 9.67 Å². The Kier molecular flexibility index (Phi) is 4.64. The number of aromatic nitrogens is 5. The van der Waals surface area contributed by atoms with Gasteiger partial charge in [0, 0.05) is 45.1 Å². The molecule has 0 aliphatic rings. The molecular formula is C15H19N7O2S. The average Bonchev–Trinajstić information content (AvgIpc) is 2.96. The quantitative estimate of drug-likeness (QED) is 0.690. The van der Waals surface area contributed by atoms with Gasteiger partial charge in [-0.05, 0) is 12.1 Å². The summed E-state index contributed by atoms with van der Waals surface area (Å²) in [4.78, 5) is 13.1. The van der Waals surface area contributed by atoms with E-state index in [-0.39, 0.29) is 0 Å². The summed E-state index contributed by atoms with van der Waals surface area (Å²) in [5.74, 6) is 1.17. The molecule has 25 heavy (non-hydrogen) atoms. The van der Waals surface area contributed by atoms with E-state index in [4.69, 9.17) is 0 Å². The molecule has 132 valence electrons. The highest BCUT2D eigenvalue weighted by Gasteiger charge is 2.14. The van der Waals surface area contributed by atoms with Crippen LogP contribution in [-0.2, 0) is 17.1 Å². The predicted molar refractivity (Wildman–Crippen MR) is 95.5 cm³/mol. The van der Waals surface area contributed by atoms with Crippen molar-refractivity contribution in [2.24, 2.45) is 7.05 Å². The minimum Gasteiger partial charge on any atom is -0.368 e. The molecule has 10 heteroatoms. The number of hydrogen-bond donors (Lipinski definition) is 1. The zero-order valence-electron chi connectivity index (χ0n) is 14.2. The number of nitrogens with zero attached hydrogens (tertiary/aromatic N) is 6. The first-order chi connectivity index (χ1) is 11.9. The molecule has 1 N–H and O–H groups in total. The van der Waals surface area contributed by atoms with Gasteiger partial charge < -0.3 is 5.32 Å². The molecule has 0 unspecified atom stereocenters. The van der Waals surface area contributed by atoms with Gasteiger partial charge in [0.1, 0.15) is 5.82 Å². The summed E-state index contributed by atoms with van der Waals surface area (Å²) in [5.41, 5.74) is 1.54. The zero-order chi connectivity index (χ0) is 18.0. The van der Waals surface area contributed by atoms with Crippen LogP contribution in [0.1, 0.15) is 0 Å². The van der Waals surface area contributed by atoms with Crippen LogP contribution in [0.15, 0.2) is 30.7 Å². The monoisotopic (exact) mass is 361 g/mol. The number of fused-ring (bicyclic) bond motifs is 1. The summed E-state index contributed by atoms with van der Waals surface area (Å²) in [5, 5.41) is 8.20. The number of hydrogen-bond acceptors (Lipinski definition) is 7. The predicted octanol–water partition coefficient (Wildman–Crippen LogP) is 0.729. The maximum Gasteiger partial charge on any atom is 0.211 e. The first-order valence-electron chi connectivity index (χ1n) is 7.61. The topological polar surface area (TPSA) is 106 Å². The van der Waals surface area contributed by atoms with Crippen molar-refractivity contribution in [3.8, 4) is 11.4 Å². The Hall–Kier alpha value is -2.59. The van der Waals surface area contributed by atoms with Crippen LogP contribution in [0.4, 0.5) is 5.82 Å². The first kappa shape index (κ1) is 17.2. The van der Waals surface area contributed by atoms with E-state index in [1.165, 1.54) is 10.6 Å². The standard InChI is InChI=1S/C15H19N7O2S/c1-21(25(3,23)24)9-8-17-14-12-10-18-22(2)15(12)20-13(19-14)11-4-6-16-7-5-11/h4-7,10H,8-9H2,1-3H3,(H,17,19,20). The van der Waals surface area contributed by atoms with Crippen LogP contribution in [0.2, 0.25) is 0 Å². The molecule has 0 fully saturated rings. The third-order valence-corrected chi connectivity index (χ3v) is 5.13. The SMILES string of the molecule is CN(CCNc1nc(-c2ccncc2)nc2c1cnn2C)S(C)(=O)=O. The molecule has 0 aromatic carbocycles. The van der Waals surface area contributed by atoms with E-state index in [1.807, 2.05) is 19.2 Å². The summed E-state index contributed by atoms with van der Waals surface area (Å²) in [6, 6.07) is 3.66. The molecule has 0 amide bonds. The van der Waals surface area contributed by atoms with Crippen molar-refractivity contribution in [3.63, 3.8) is 0 Å². The highest BCUT2D eigenvalue weighted by Crippen LogP contribution is 2.24.